The number of fused-ring (bicyclic) bond motifs is 7. The molecule has 0 radical (unpaired) electrons. The van der Waals surface area contributed by atoms with Crippen molar-refractivity contribution in [1.82, 2.24) is 9.55 Å². The number of quaternary nitrogens is 1. The number of hydrogen-bond acceptors (Lipinski definition) is 3. The van der Waals surface area contributed by atoms with Gasteiger partial charge < -0.3 is 9.88 Å². The molecular weight excluding hydrogens is 641 g/mol. The molecule has 0 bridgehead atoms. The van der Waals surface area contributed by atoms with Gasteiger partial charge in [-0.2, -0.15) is 5.26 Å². The summed E-state index contributed by atoms with van der Waals surface area (Å²) in [5.41, 5.74) is 16.7. The molecule has 0 amide bonds. The van der Waals surface area contributed by atoms with Crippen LogP contribution in [0, 0.1) is 11.3 Å². The maximum atomic E-state index is 10.1. The highest BCUT2D eigenvalue weighted by Gasteiger charge is 2.37. The summed E-state index contributed by atoms with van der Waals surface area (Å²) in [6.07, 6.45) is 12.8. The fourth-order valence-electron chi connectivity index (χ4n) is 9.33. The van der Waals surface area contributed by atoms with E-state index in [1.54, 1.807) is 0 Å². The van der Waals surface area contributed by atoms with E-state index in [0.717, 1.165) is 37.0 Å². The highest BCUT2D eigenvalue weighted by Crippen LogP contribution is 2.54. The number of aromatic nitrogens is 2. The number of nitriles is 1. The van der Waals surface area contributed by atoms with Crippen LogP contribution in [0.5, 0.6) is 0 Å². The van der Waals surface area contributed by atoms with Crippen LogP contribution < -0.4 is 5.32 Å². The third-order valence-corrected chi connectivity index (χ3v) is 13.0. The Bertz CT molecular complexity index is 2580. The number of hydrogen-bond donors (Lipinski definition) is 1. The first kappa shape index (κ1) is 30.4. The summed E-state index contributed by atoms with van der Waals surface area (Å²) in [4.78, 5) is 6.00. The number of nitrogens with zero attached hydrogens (tertiary/aromatic N) is 3. The minimum atomic E-state index is 0.268. The van der Waals surface area contributed by atoms with Gasteiger partial charge in [0.25, 0.3) is 0 Å². The van der Waals surface area contributed by atoms with Gasteiger partial charge in [0.15, 0.2) is 6.07 Å². The molecule has 3 atom stereocenters. The lowest BCUT2D eigenvalue weighted by molar-refractivity contribution is -0.569. The molecule has 10 rings (SSSR count). The summed E-state index contributed by atoms with van der Waals surface area (Å²) in [5, 5.41) is 14.9. The van der Waals surface area contributed by atoms with Gasteiger partial charge in [-0.05, 0) is 100 Å². The van der Waals surface area contributed by atoms with Gasteiger partial charge in [0.2, 0.25) is 5.70 Å². The van der Waals surface area contributed by atoms with E-state index < -0.39 is 0 Å². The van der Waals surface area contributed by atoms with Crippen LogP contribution in [-0.2, 0) is 0 Å². The second-order valence-electron chi connectivity index (χ2n) is 14.2. The average molecular weight is 678 g/mol. The minimum Gasteiger partial charge on any atom is -0.313 e. The number of allylic oxidation sites excluding steroid dienone is 7. The molecule has 0 saturated heterocycles. The molecule has 3 heterocycles. The average Bonchev–Trinajstić information content (AvgIpc) is 3.70. The molecule has 2 aromatic heterocycles. The van der Waals surface area contributed by atoms with Gasteiger partial charge in [0.1, 0.15) is 0 Å². The molecule has 3 unspecified atom stereocenters. The zero-order valence-electron chi connectivity index (χ0n) is 28.5. The van der Waals surface area contributed by atoms with Crippen LogP contribution in [0.25, 0.3) is 38.6 Å². The predicted octanol–water partition coefficient (Wildman–Crippen LogP) is 9.83. The Balaban J connectivity index is 1.05. The predicted molar refractivity (Wildman–Crippen MR) is 209 cm³/mol. The van der Waals surface area contributed by atoms with Crippen LogP contribution in [0.4, 0.5) is 0 Å². The highest BCUT2D eigenvalue weighted by atomic mass is 32.2. The summed E-state index contributed by atoms with van der Waals surface area (Å²) in [6.45, 7) is 0. The van der Waals surface area contributed by atoms with E-state index >= 15 is 0 Å². The van der Waals surface area contributed by atoms with Gasteiger partial charge in [-0.1, -0.05) is 84.9 Å². The molecule has 246 valence electrons. The Labute approximate surface area is 302 Å². The van der Waals surface area contributed by atoms with Crippen molar-refractivity contribution < 1.29 is 5.32 Å². The zero-order valence-corrected chi connectivity index (χ0v) is 29.3. The molecule has 5 heteroatoms. The second-order valence-corrected chi connectivity index (χ2v) is 15.4. The second kappa shape index (κ2) is 12.1. The van der Waals surface area contributed by atoms with Crippen LogP contribution >= 0.6 is 11.8 Å². The molecule has 1 aliphatic heterocycles. The molecule has 0 saturated carbocycles. The van der Waals surface area contributed by atoms with Crippen molar-refractivity contribution in [2.45, 2.75) is 47.7 Å². The smallest absolute Gasteiger partial charge is 0.215 e. The Morgan fingerprint density at radius 3 is 2.49 bits per heavy atom. The van der Waals surface area contributed by atoms with Crippen molar-refractivity contribution in [3.63, 3.8) is 0 Å². The van der Waals surface area contributed by atoms with Crippen molar-refractivity contribution in [3.8, 4) is 6.07 Å². The number of pyridine rings is 1. The Hall–Kier alpha value is -5.41. The lowest BCUT2D eigenvalue weighted by atomic mass is 9.79. The summed E-state index contributed by atoms with van der Waals surface area (Å²) >= 11 is 2.02. The number of nitrogens with two attached hydrogens (primary N) is 1. The van der Waals surface area contributed by atoms with Crippen LogP contribution in [0.1, 0.15) is 65.3 Å². The summed E-state index contributed by atoms with van der Waals surface area (Å²) in [5.74, 6) is 0.655. The van der Waals surface area contributed by atoms with Gasteiger partial charge in [-0.25, -0.2) is 0 Å². The van der Waals surface area contributed by atoms with Crippen molar-refractivity contribution in [3.05, 3.63) is 172 Å². The van der Waals surface area contributed by atoms with E-state index in [2.05, 4.69) is 131 Å². The van der Waals surface area contributed by atoms with Gasteiger partial charge in [-0.15, -0.1) is 11.8 Å². The first-order chi connectivity index (χ1) is 25.2. The molecule has 0 spiro atoms. The highest BCUT2D eigenvalue weighted by molar-refractivity contribution is 8.00. The fourth-order valence-corrected chi connectivity index (χ4v) is 10.7. The zero-order chi connectivity index (χ0) is 34.1. The quantitative estimate of drug-likeness (QED) is 0.189. The van der Waals surface area contributed by atoms with Gasteiger partial charge in [0, 0.05) is 51.3 Å². The lowest BCUT2D eigenvalue weighted by Gasteiger charge is -2.37. The first-order valence-electron chi connectivity index (χ1n) is 18.1. The summed E-state index contributed by atoms with van der Waals surface area (Å²) < 4.78 is 2.49. The minimum absolute atomic E-state index is 0.268. The maximum absolute atomic E-state index is 10.1. The molecule has 4 aromatic carbocycles. The molecular formula is C46H37N4S+. The summed E-state index contributed by atoms with van der Waals surface area (Å²) in [6, 6.07) is 40.5. The van der Waals surface area contributed by atoms with Crippen molar-refractivity contribution in [2.75, 3.05) is 7.05 Å². The first-order valence-corrected chi connectivity index (χ1v) is 18.9. The third-order valence-electron chi connectivity index (χ3n) is 11.6. The Kier molecular flexibility index (Phi) is 7.23. The largest absolute Gasteiger partial charge is 0.313 e. The molecule has 4 nitrogen and oxygen atoms in total. The SMILES string of the molecule is C[NH2+]C(C#N)=C1C2=C(CCC(c3ccc4c(c3)c3cnccc3n4C3=CC=C4C(C3)Sc3ccccc3C4c3ccccc3)C2)c2ccccc21. The molecule has 4 aliphatic rings. The molecule has 0 fully saturated rings. The van der Waals surface area contributed by atoms with E-state index in [1.165, 1.54) is 76.9 Å². The van der Waals surface area contributed by atoms with Crippen molar-refractivity contribution in [1.29, 1.82) is 5.26 Å². The van der Waals surface area contributed by atoms with E-state index in [0.29, 0.717) is 11.2 Å². The Morgan fingerprint density at radius 2 is 1.63 bits per heavy atom. The number of benzene rings is 4. The van der Waals surface area contributed by atoms with E-state index in [9.17, 15) is 5.26 Å². The van der Waals surface area contributed by atoms with Gasteiger partial charge in [0.05, 0.1) is 23.7 Å². The molecule has 51 heavy (non-hydrogen) atoms. The van der Waals surface area contributed by atoms with Crippen molar-refractivity contribution in [2.24, 2.45) is 0 Å². The van der Waals surface area contributed by atoms with Crippen LogP contribution in [0.3, 0.4) is 0 Å². The number of rotatable bonds is 4. The Morgan fingerprint density at radius 1 is 0.824 bits per heavy atom. The monoisotopic (exact) mass is 677 g/mol. The lowest BCUT2D eigenvalue weighted by Crippen LogP contribution is -2.77. The van der Waals surface area contributed by atoms with Gasteiger partial charge >= 0.3 is 0 Å². The molecule has 3 aliphatic carbocycles. The van der Waals surface area contributed by atoms with E-state index in [4.69, 9.17) is 0 Å². The van der Waals surface area contributed by atoms with E-state index in [1.807, 2.05) is 36.5 Å². The number of thioether (sulfide) groups is 1. The molecule has 2 N–H and O–H groups in total. The third kappa shape index (κ3) is 4.74. The van der Waals surface area contributed by atoms with E-state index in [-0.39, 0.29) is 5.92 Å². The van der Waals surface area contributed by atoms with Crippen molar-refractivity contribution >= 4 is 50.4 Å². The van der Waals surface area contributed by atoms with Gasteiger partial charge in [-0.3, -0.25) is 4.98 Å². The fraction of sp³-hybridized carbons (Fsp3) is 0.174. The topological polar surface area (TPSA) is 58.2 Å². The molecule has 6 aromatic rings. The van der Waals surface area contributed by atoms with Crippen LogP contribution in [0.2, 0.25) is 0 Å². The van der Waals surface area contributed by atoms with Crippen LogP contribution in [0.15, 0.2) is 149 Å². The normalized spacial score (nSPS) is 21.7. The standard InChI is InChI=1S/C46H36N4S/c1-48-40(26-47)46-34-12-6-5-11-32(34)33-18-15-29(24-38(33)46)30-16-20-41-37(23-30)39-27-49-22-21-42(39)50(41)31-17-19-36-44(25-31)51-43-14-8-7-13-35(43)45(36)28-9-3-2-4-10-28/h2-14,16-17,19-23,27,29,44-45,48H,15,18,24-25H2,1H3/p+1. The maximum Gasteiger partial charge on any atom is 0.215 e. The summed E-state index contributed by atoms with van der Waals surface area (Å²) in [7, 11) is 1.98. The van der Waals surface area contributed by atoms with Crippen LogP contribution in [-0.4, -0.2) is 21.8 Å².